The highest BCUT2D eigenvalue weighted by Crippen LogP contribution is 2.37. The van der Waals surface area contributed by atoms with Gasteiger partial charge in [-0.2, -0.15) is 0 Å². The van der Waals surface area contributed by atoms with Gasteiger partial charge in [-0.05, 0) is 67.6 Å². The van der Waals surface area contributed by atoms with Gasteiger partial charge in [0, 0.05) is 29.1 Å². The van der Waals surface area contributed by atoms with Crippen molar-refractivity contribution in [2.75, 3.05) is 18.6 Å². The standard InChI is InChI=1S/C31H24N2O7/c1-17-28(34)24-11-9-22(37-2)15-26(24)39-29(17)25-12-10-23(38-30(35)18-5-3-7-20(32)13-18)16-27(25)40-31(36)19-6-4-8-21(33)14-19/h3-16H,32-33H2,1-2H3. The monoisotopic (exact) mass is 536 g/mol. The zero-order chi connectivity index (χ0) is 28.4. The van der Waals surface area contributed by atoms with E-state index in [1.165, 1.54) is 31.4 Å². The second-order valence-electron chi connectivity index (χ2n) is 8.94. The molecule has 5 rings (SSSR count). The first kappa shape index (κ1) is 26.1. The first-order valence-corrected chi connectivity index (χ1v) is 12.1. The van der Waals surface area contributed by atoms with Gasteiger partial charge >= 0.3 is 11.9 Å². The zero-order valence-corrected chi connectivity index (χ0v) is 21.6. The molecule has 9 nitrogen and oxygen atoms in total. The van der Waals surface area contributed by atoms with Crippen molar-refractivity contribution in [1.82, 2.24) is 0 Å². The van der Waals surface area contributed by atoms with Gasteiger partial charge in [-0.1, -0.05) is 12.1 Å². The number of nitrogens with two attached hydrogens (primary N) is 2. The number of fused-ring (bicyclic) bond motifs is 1. The highest BCUT2D eigenvalue weighted by atomic mass is 16.5. The van der Waals surface area contributed by atoms with Gasteiger partial charge in [-0.15, -0.1) is 0 Å². The molecule has 0 atom stereocenters. The van der Waals surface area contributed by atoms with Crippen LogP contribution in [0.15, 0.2) is 94.1 Å². The molecule has 40 heavy (non-hydrogen) atoms. The number of esters is 2. The average Bonchev–Trinajstić information content (AvgIpc) is 2.95. The first-order chi connectivity index (χ1) is 19.2. The molecule has 0 saturated heterocycles. The molecule has 4 aromatic carbocycles. The van der Waals surface area contributed by atoms with Crippen molar-refractivity contribution in [2.24, 2.45) is 0 Å². The van der Waals surface area contributed by atoms with Crippen LogP contribution in [-0.2, 0) is 0 Å². The molecule has 5 aromatic rings. The fourth-order valence-electron chi connectivity index (χ4n) is 4.14. The minimum absolute atomic E-state index is 0.00111. The van der Waals surface area contributed by atoms with Crippen molar-refractivity contribution in [2.45, 2.75) is 6.92 Å². The molecule has 0 saturated carbocycles. The van der Waals surface area contributed by atoms with Gasteiger partial charge in [-0.25, -0.2) is 9.59 Å². The maximum atomic E-state index is 13.2. The van der Waals surface area contributed by atoms with E-state index in [1.807, 2.05) is 0 Å². The number of anilines is 2. The number of carbonyl (C=O) groups is 2. The smallest absolute Gasteiger partial charge is 0.343 e. The van der Waals surface area contributed by atoms with Gasteiger partial charge in [0.25, 0.3) is 0 Å². The average molecular weight is 537 g/mol. The first-order valence-electron chi connectivity index (χ1n) is 12.1. The number of methoxy groups -OCH3 is 1. The topological polar surface area (TPSA) is 144 Å². The predicted octanol–water partition coefficient (Wildman–Crippen LogP) is 5.38. The lowest BCUT2D eigenvalue weighted by Crippen LogP contribution is -2.12. The second kappa shape index (κ2) is 10.7. The van der Waals surface area contributed by atoms with E-state index in [1.54, 1.807) is 67.6 Å². The molecular formula is C31H24N2O7. The highest BCUT2D eigenvalue weighted by Gasteiger charge is 2.21. The van der Waals surface area contributed by atoms with Crippen LogP contribution in [0, 0.1) is 6.92 Å². The normalized spacial score (nSPS) is 10.8. The Morgan fingerprint density at radius 1 is 0.750 bits per heavy atom. The largest absolute Gasteiger partial charge is 0.497 e. The lowest BCUT2D eigenvalue weighted by molar-refractivity contribution is 0.0733. The van der Waals surface area contributed by atoms with Crippen LogP contribution < -0.4 is 31.1 Å². The minimum atomic E-state index is -0.713. The van der Waals surface area contributed by atoms with E-state index >= 15 is 0 Å². The fraction of sp³-hybridized carbons (Fsp3) is 0.0645. The number of rotatable bonds is 6. The molecule has 1 aromatic heterocycles. The maximum absolute atomic E-state index is 13.2. The Bertz CT molecular complexity index is 1840. The van der Waals surface area contributed by atoms with Gasteiger partial charge in [0.05, 0.1) is 29.2 Å². The summed E-state index contributed by atoms with van der Waals surface area (Å²) in [6.07, 6.45) is 0. The minimum Gasteiger partial charge on any atom is -0.497 e. The third-order valence-electron chi connectivity index (χ3n) is 6.18. The quantitative estimate of drug-likeness (QED) is 0.166. The van der Waals surface area contributed by atoms with Crippen molar-refractivity contribution in [3.8, 4) is 28.6 Å². The SMILES string of the molecule is COc1ccc2c(=O)c(C)c(-c3ccc(OC(=O)c4cccc(N)c4)cc3OC(=O)c3cccc(N)c3)oc2c1. The van der Waals surface area contributed by atoms with Crippen molar-refractivity contribution in [1.29, 1.82) is 0 Å². The molecule has 9 heteroatoms. The van der Waals surface area contributed by atoms with E-state index in [0.717, 1.165) is 0 Å². The molecule has 200 valence electrons. The third kappa shape index (κ3) is 5.21. The molecule has 0 radical (unpaired) electrons. The van der Waals surface area contributed by atoms with Crippen molar-refractivity contribution >= 4 is 34.3 Å². The third-order valence-corrected chi connectivity index (χ3v) is 6.18. The van der Waals surface area contributed by atoms with Gasteiger partial charge < -0.3 is 30.1 Å². The van der Waals surface area contributed by atoms with Gasteiger partial charge in [0.15, 0.2) is 5.43 Å². The summed E-state index contributed by atoms with van der Waals surface area (Å²) in [6.45, 7) is 1.61. The number of hydrogen-bond donors (Lipinski definition) is 2. The highest BCUT2D eigenvalue weighted by molar-refractivity contribution is 5.94. The summed E-state index contributed by atoms with van der Waals surface area (Å²) in [4.78, 5) is 39.0. The fourth-order valence-corrected chi connectivity index (χ4v) is 4.14. The predicted molar refractivity (Wildman–Crippen MR) is 151 cm³/mol. The summed E-state index contributed by atoms with van der Waals surface area (Å²) in [5.41, 5.74) is 13.5. The van der Waals surface area contributed by atoms with Crippen LogP contribution in [0.4, 0.5) is 11.4 Å². The van der Waals surface area contributed by atoms with Gasteiger partial charge in [0.1, 0.15) is 28.6 Å². The molecule has 0 amide bonds. The number of hydrogen-bond acceptors (Lipinski definition) is 9. The van der Waals surface area contributed by atoms with E-state index in [0.29, 0.717) is 33.6 Å². The molecule has 0 unspecified atom stereocenters. The number of carbonyl (C=O) groups excluding carboxylic acids is 2. The summed E-state index contributed by atoms with van der Waals surface area (Å²) < 4.78 is 22.7. The summed E-state index contributed by atoms with van der Waals surface area (Å²) in [7, 11) is 1.51. The van der Waals surface area contributed by atoms with Crippen molar-refractivity contribution < 1.29 is 28.2 Å². The maximum Gasteiger partial charge on any atom is 0.343 e. The number of nitrogen functional groups attached to an aromatic ring is 2. The number of benzene rings is 4. The Balaban J connectivity index is 1.61. The summed E-state index contributed by atoms with van der Waals surface area (Å²) in [5, 5.41) is 0.369. The van der Waals surface area contributed by atoms with E-state index in [9.17, 15) is 14.4 Å². The zero-order valence-electron chi connectivity index (χ0n) is 21.6. The van der Waals surface area contributed by atoms with Crippen LogP contribution in [0.5, 0.6) is 17.2 Å². The number of ether oxygens (including phenoxy) is 3. The summed E-state index contributed by atoms with van der Waals surface area (Å²) in [6, 6.07) is 21.9. The van der Waals surface area contributed by atoms with E-state index in [4.69, 9.17) is 30.1 Å². The molecule has 1 heterocycles. The van der Waals surface area contributed by atoms with Crippen molar-refractivity contribution in [3.63, 3.8) is 0 Å². The molecule has 0 bridgehead atoms. The Kier molecular flexibility index (Phi) is 6.94. The molecule has 4 N–H and O–H groups in total. The molecule has 0 aliphatic carbocycles. The van der Waals surface area contributed by atoms with Crippen LogP contribution in [0.2, 0.25) is 0 Å². The van der Waals surface area contributed by atoms with Crippen LogP contribution in [0.1, 0.15) is 26.3 Å². The van der Waals surface area contributed by atoms with Crippen molar-refractivity contribution in [3.05, 3.63) is 112 Å². The Labute approximate surface area is 228 Å². The lowest BCUT2D eigenvalue weighted by Gasteiger charge is -2.14. The van der Waals surface area contributed by atoms with Crippen LogP contribution >= 0.6 is 0 Å². The van der Waals surface area contributed by atoms with E-state index < -0.39 is 11.9 Å². The van der Waals surface area contributed by atoms with Crippen LogP contribution in [0.3, 0.4) is 0 Å². The van der Waals surface area contributed by atoms with E-state index in [-0.39, 0.29) is 39.4 Å². The molecular weight excluding hydrogens is 512 g/mol. The Hall–Kier alpha value is -5.57. The Morgan fingerprint density at radius 2 is 1.38 bits per heavy atom. The van der Waals surface area contributed by atoms with Crippen LogP contribution in [-0.4, -0.2) is 19.0 Å². The summed E-state index contributed by atoms with van der Waals surface area (Å²) in [5.74, 6) is -0.603. The van der Waals surface area contributed by atoms with Gasteiger partial charge in [0.2, 0.25) is 0 Å². The van der Waals surface area contributed by atoms with Gasteiger partial charge in [-0.3, -0.25) is 4.79 Å². The molecule has 0 spiro atoms. The lowest BCUT2D eigenvalue weighted by atomic mass is 10.0. The van der Waals surface area contributed by atoms with E-state index in [2.05, 4.69) is 0 Å². The second-order valence-corrected chi connectivity index (χ2v) is 8.94. The molecule has 0 fully saturated rings. The molecule has 0 aliphatic rings. The Morgan fingerprint density at radius 3 is 2.00 bits per heavy atom. The van der Waals surface area contributed by atoms with Crippen LogP contribution in [0.25, 0.3) is 22.3 Å². The summed E-state index contributed by atoms with van der Waals surface area (Å²) >= 11 is 0. The molecule has 0 aliphatic heterocycles.